The molecule has 14 nitrogen and oxygen atoms in total. The molecule has 1 aliphatic rings. The number of nitrogen functional groups attached to an aromatic ring is 1. The zero-order valence-electron chi connectivity index (χ0n) is 15.6. The Morgan fingerprint density at radius 2 is 2.06 bits per heavy atom. The molecule has 0 spiro atoms. The maximum Gasteiger partial charge on any atom is 0.283 e. The second-order valence-electron chi connectivity index (χ2n) is 6.74. The summed E-state index contributed by atoms with van der Waals surface area (Å²) in [6.45, 7) is 0. The van der Waals surface area contributed by atoms with Crippen LogP contribution in [-0.4, -0.2) is 71.8 Å². The fourth-order valence-electron chi connectivity index (χ4n) is 3.38. The van der Waals surface area contributed by atoms with Gasteiger partial charge in [0.1, 0.15) is 24.1 Å². The van der Waals surface area contributed by atoms with Crippen LogP contribution in [-0.2, 0) is 19.6 Å². The lowest BCUT2D eigenvalue weighted by Crippen LogP contribution is -2.45. The predicted octanol–water partition coefficient (Wildman–Crippen LogP) is -1.10. The zero-order valence-corrected chi connectivity index (χ0v) is 18.0. The monoisotopic (exact) mass is 500 g/mol. The van der Waals surface area contributed by atoms with Gasteiger partial charge in [-0.3, -0.25) is 13.8 Å². The number of nitrogens with one attached hydrogen (secondary N) is 1. The van der Waals surface area contributed by atoms with Crippen molar-refractivity contribution in [2.45, 2.75) is 29.6 Å². The first-order chi connectivity index (χ1) is 15.2. The van der Waals surface area contributed by atoms with Gasteiger partial charge >= 0.3 is 0 Å². The minimum absolute atomic E-state index is 0.0830. The Kier molecular flexibility index (Phi) is 4.80. The second-order valence-corrected chi connectivity index (χ2v) is 9.57. The number of fused-ring (bicyclic) bond motifs is 2. The summed E-state index contributed by atoms with van der Waals surface area (Å²) in [6.07, 6.45) is -2.55. The van der Waals surface area contributed by atoms with E-state index in [4.69, 9.17) is 22.1 Å². The Morgan fingerprint density at radius 1 is 1.28 bits per heavy atom. The molecular weight excluding hydrogens is 488 g/mol. The highest BCUT2D eigenvalue weighted by molar-refractivity contribution is 7.90. The van der Waals surface area contributed by atoms with E-state index in [0.29, 0.717) is 4.96 Å². The smallest absolute Gasteiger partial charge is 0.283 e. The Labute approximate surface area is 187 Å². The average Bonchev–Trinajstić information content (AvgIpc) is 3.46. The minimum Gasteiger partial charge on any atom is -0.387 e. The molecule has 0 unspecified atom stereocenters. The number of thiazole rings is 1. The molecule has 5 rings (SSSR count). The number of nitrogens with two attached hydrogens (primary N) is 1. The summed E-state index contributed by atoms with van der Waals surface area (Å²) < 4.78 is 35.3. The first kappa shape index (κ1) is 21.0. The van der Waals surface area contributed by atoms with Crippen molar-refractivity contribution in [3.05, 3.63) is 29.4 Å². The van der Waals surface area contributed by atoms with E-state index in [1.165, 1.54) is 27.8 Å². The Bertz CT molecular complexity index is 1470. The number of rotatable bonds is 4. The molecule has 17 heteroatoms. The van der Waals surface area contributed by atoms with E-state index in [9.17, 15) is 23.4 Å². The van der Waals surface area contributed by atoms with E-state index in [1.807, 2.05) is 4.72 Å². The molecule has 0 aromatic carbocycles. The third-order valence-electron chi connectivity index (χ3n) is 4.83. The summed E-state index contributed by atoms with van der Waals surface area (Å²) in [7, 11) is -4.49. The second kappa shape index (κ2) is 7.32. The molecule has 4 aromatic rings. The largest absolute Gasteiger partial charge is 0.387 e. The number of carbonyl (C=O) groups excluding carboxylic acids is 1. The van der Waals surface area contributed by atoms with E-state index < -0.39 is 45.5 Å². The molecule has 168 valence electrons. The van der Waals surface area contributed by atoms with Crippen LogP contribution in [0.5, 0.6) is 0 Å². The molecule has 1 amide bonds. The van der Waals surface area contributed by atoms with E-state index >= 15 is 0 Å². The standard InChI is InChI=1S/C15H13ClN8O6S2/c16-9-14(23-1-2-31-15(23)21-9)32(28,29)22-12(27)8-6(25)7(26)13(30-8)24-4-20-5-10(17)18-3-19-11(5)24/h1-4,6-8,13,25-26H,(H,22,27)(H2,17,18,19)/t6-,7+,8-,13+/m0/s1. The molecular formula is C15H13ClN8O6S2. The maximum absolute atomic E-state index is 12.8. The van der Waals surface area contributed by atoms with Gasteiger partial charge in [0.2, 0.25) is 0 Å². The Hall–Kier alpha value is -2.89. The number of aromatic nitrogens is 6. The number of hydrogen-bond donors (Lipinski definition) is 4. The number of aliphatic hydroxyl groups excluding tert-OH is 2. The molecule has 4 atom stereocenters. The third kappa shape index (κ3) is 3.11. The fraction of sp³-hybridized carbons (Fsp3) is 0.267. The van der Waals surface area contributed by atoms with Crippen molar-refractivity contribution < 1.29 is 28.2 Å². The molecule has 5 N–H and O–H groups in total. The molecule has 0 bridgehead atoms. The van der Waals surface area contributed by atoms with Crippen LogP contribution in [0.15, 0.2) is 29.3 Å². The molecule has 1 fully saturated rings. The third-order valence-corrected chi connectivity index (χ3v) is 7.33. The van der Waals surface area contributed by atoms with E-state index in [0.717, 1.165) is 11.3 Å². The highest BCUT2D eigenvalue weighted by Gasteiger charge is 2.49. The van der Waals surface area contributed by atoms with E-state index in [-0.39, 0.29) is 22.1 Å². The summed E-state index contributed by atoms with van der Waals surface area (Å²) in [5.74, 6) is -1.13. The number of imidazole rings is 2. The zero-order chi connectivity index (χ0) is 22.8. The number of sulfonamides is 1. The highest BCUT2D eigenvalue weighted by atomic mass is 35.5. The number of anilines is 1. The van der Waals surface area contributed by atoms with E-state index in [2.05, 4.69) is 19.9 Å². The van der Waals surface area contributed by atoms with Crippen LogP contribution >= 0.6 is 22.9 Å². The van der Waals surface area contributed by atoms with Gasteiger partial charge in [0.15, 0.2) is 38.9 Å². The van der Waals surface area contributed by atoms with Crippen LogP contribution < -0.4 is 10.5 Å². The van der Waals surface area contributed by atoms with Gasteiger partial charge in [-0.25, -0.2) is 24.7 Å². The van der Waals surface area contributed by atoms with Gasteiger partial charge in [-0.15, -0.1) is 11.3 Å². The molecule has 32 heavy (non-hydrogen) atoms. The number of nitrogens with zero attached hydrogens (tertiary/aromatic N) is 6. The lowest BCUT2D eigenvalue weighted by molar-refractivity contribution is -0.135. The van der Waals surface area contributed by atoms with Crippen LogP contribution in [0.25, 0.3) is 16.1 Å². The van der Waals surface area contributed by atoms with Crippen molar-refractivity contribution in [2.24, 2.45) is 0 Å². The normalized spacial score (nSPS) is 23.8. The Morgan fingerprint density at radius 3 is 2.84 bits per heavy atom. The topological polar surface area (TPSA) is 200 Å². The number of ether oxygens (including phenoxy) is 1. The van der Waals surface area contributed by atoms with E-state index in [1.54, 1.807) is 5.38 Å². The quantitative estimate of drug-likeness (QED) is 0.265. The number of aliphatic hydroxyl groups is 2. The van der Waals surface area contributed by atoms with Crippen LogP contribution in [0.2, 0.25) is 5.15 Å². The van der Waals surface area contributed by atoms with Gasteiger partial charge in [-0.2, -0.15) is 8.42 Å². The maximum atomic E-state index is 12.8. The molecule has 1 saturated heterocycles. The van der Waals surface area contributed by atoms with Crippen molar-refractivity contribution in [3.8, 4) is 0 Å². The van der Waals surface area contributed by atoms with Crippen LogP contribution in [0.4, 0.5) is 5.82 Å². The lowest BCUT2D eigenvalue weighted by atomic mass is 10.1. The SMILES string of the molecule is Nc1ncnc2c1ncn2[C@@H]1O[C@H](C(=O)NS(=O)(=O)c2c(Cl)nc3sccn23)[C@@H](O)[C@H]1O. The summed E-state index contributed by atoms with van der Waals surface area (Å²) in [4.78, 5) is 28.8. The predicted molar refractivity (Wildman–Crippen MR) is 109 cm³/mol. The molecule has 0 saturated carbocycles. The highest BCUT2D eigenvalue weighted by Crippen LogP contribution is 2.32. The van der Waals surface area contributed by atoms with Gasteiger partial charge in [0.25, 0.3) is 15.9 Å². The molecule has 1 aliphatic heterocycles. The van der Waals surface area contributed by atoms with Crippen molar-refractivity contribution in [2.75, 3.05) is 5.73 Å². The first-order valence-electron chi connectivity index (χ1n) is 8.81. The Balaban J connectivity index is 1.42. The molecule has 0 aliphatic carbocycles. The molecule has 5 heterocycles. The van der Waals surface area contributed by atoms with Gasteiger partial charge in [0.05, 0.1) is 6.33 Å². The van der Waals surface area contributed by atoms with Crippen molar-refractivity contribution in [1.29, 1.82) is 0 Å². The number of halogens is 1. The van der Waals surface area contributed by atoms with Crippen molar-refractivity contribution >= 4 is 60.8 Å². The average molecular weight is 501 g/mol. The number of amides is 1. The van der Waals surface area contributed by atoms with Gasteiger partial charge in [-0.1, -0.05) is 11.6 Å². The summed E-state index contributed by atoms with van der Waals surface area (Å²) in [6, 6.07) is 0. The van der Waals surface area contributed by atoms with Crippen molar-refractivity contribution in [3.63, 3.8) is 0 Å². The minimum atomic E-state index is -4.49. The molecule has 0 radical (unpaired) electrons. The van der Waals surface area contributed by atoms with Gasteiger partial charge < -0.3 is 20.7 Å². The van der Waals surface area contributed by atoms with Crippen molar-refractivity contribution in [1.82, 2.24) is 33.6 Å². The van der Waals surface area contributed by atoms with Gasteiger partial charge in [-0.05, 0) is 0 Å². The summed E-state index contributed by atoms with van der Waals surface area (Å²) >= 11 is 7.09. The summed E-state index contributed by atoms with van der Waals surface area (Å²) in [5.41, 5.74) is 6.15. The van der Waals surface area contributed by atoms with Crippen LogP contribution in [0.1, 0.15) is 6.23 Å². The van der Waals surface area contributed by atoms with Gasteiger partial charge in [0, 0.05) is 11.6 Å². The van der Waals surface area contributed by atoms with Crippen LogP contribution in [0.3, 0.4) is 0 Å². The first-order valence-corrected chi connectivity index (χ1v) is 11.6. The lowest BCUT2D eigenvalue weighted by Gasteiger charge is -2.16. The molecule has 4 aromatic heterocycles. The number of carbonyl (C=O) groups is 1. The van der Waals surface area contributed by atoms with Crippen LogP contribution in [0, 0.1) is 0 Å². The number of hydrogen-bond acceptors (Lipinski definition) is 12. The summed E-state index contributed by atoms with van der Waals surface area (Å²) in [5, 5.41) is 21.7. The fourth-order valence-corrected chi connectivity index (χ4v) is 5.83.